The van der Waals surface area contributed by atoms with Crippen molar-refractivity contribution in [3.8, 4) is 5.75 Å². The first-order valence-corrected chi connectivity index (χ1v) is 13.0. The standard InChI is InChI=1S/C28H40F2O2/c1-3-5-19-6-16-25(32-18-19)23-13-9-21(10-14-23)20-7-11-22(12-8-20)24-15-17-26(31-4-2)28(30)27(24)29/h6,15,17,20-23,25H,3-5,7-14,16,18H2,1-2H3. The highest BCUT2D eigenvalue weighted by Crippen LogP contribution is 2.46. The lowest BCUT2D eigenvalue weighted by Gasteiger charge is -2.40. The highest BCUT2D eigenvalue weighted by molar-refractivity contribution is 5.33. The van der Waals surface area contributed by atoms with Gasteiger partial charge in [-0.2, -0.15) is 4.39 Å². The number of hydrogen-bond acceptors (Lipinski definition) is 2. The second-order valence-corrected chi connectivity index (χ2v) is 10.2. The van der Waals surface area contributed by atoms with Crippen molar-refractivity contribution in [3.63, 3.8) is 0 Å². The summed E-state index contributed by atoms with van der Waals surface area (Å²) in [6.07, 6.45) is 15.7. The molecule has 0 bridgehead atoms. The van der Waals surface area contributed by atoms with E-state index in [0.717, 1.165) is 50.5 Å². The first kappa shape index (κ1) is 23.7. The molecular weight excluding hydrogens is 406 g/mol. The maximum Gasteiger partial charge on any atom is 0.200 e. The minimum Gasteiger partial charge on any atom is -0.491 e. The average molecular weight is 447 g/mol. The summed E-state index contributed by atoms with van der Waals surface area (Å²) in [5, 5.41) is 0. The first-order chi connectivity index (χ1) is 15.6. The summed E-state index contributed by atoms with van der Waals surface area (Å²) in [5.74, 6) is 0.874. The van der Waals surface area contributed by atoms with Gasteiger partial charge in [-0.15, -0.1) is 0 Å². The Morgan fingerprint density at radius 3 is 2.12 bits per heavy atom. The van der Waals surface area contributed by atoms with Gasteiger partial charge in [0.15, 0.2) is 11.6 Å². The molecule has 2 nitrogen and oxygen atoms in total. The Kier molecular flexibility index (Phi) is 8.26. The van der Waals surface area contributed by atoms with Gasteiger partial charge in [0.25, 0.3) is 0 Å². The largest absolute Gasteiger partial charge is 0.491 e. The van der Waals surface area contributed by atoms with E-state index in [1.54, 1.807) is 19.1 Å². The van der Waals surface area contributed by atoms with E-state index in [9.17, 15) is 8.78 Å². The lowest BCUT2D eigenvalue weighted by molar-refractivity contribution is -0.00488. The summed E-state index contributed by atoms with van der Waals surface area (Å²) in [6, 6.07) is 3.34. The minimum absolute atomic E-state index is 0.0261. The Bertz CT molecular complexity index is 774. The molecule has 1 aliphatic heterocycles. The van der Waals surface area contributed by atoms with Crippen LogP contribution in [-0.4, -0.2) is 19.3 Å². The van der Waals surface area contributed by atoms with Crippen molar-refractivity contribution in [3.05, 3.63) is 41.0 Å². The van der Waals surface area contributed by atoms with E-state index in [1.807, 2.05) is 0 Å². The molecular formula is C28H40F2O2. The van der Waals surface area contributed by atoms with Gasteiger partial charge in [0, 0.05) is 0 Å². The van der Waals surface area contributed by atoms with Crippen LogP contribution in [0, 0.1) is 29.4 Å². The molecule has 1 heterocycles. The van der Waals surface area contributed by atoms with Crippen LogP contribution in [0.3, 0.4) is 0 Å². The fraction of sp³-hybridized carbons (Fsp3) is 0.714. The quantitative estimate of drug-likeness (QED) is 0.396. The molecule has 0 radical (unpaired) electrons. The van der Waals surface area contributed by atoms with E-state index >= 15 is 0 Å². The Balaban J connectivity index is 1.25. The molecule has 0 amide bonds. The summed E-state index contributed by atoms with van der Waals surface area (Å²) < 4.78 is 40.4. The zero-order valence-corrected chi connectivity index (χ0v) is 19.9. The zero-order chi connectivity index (χ0) is 22.5. The van der Waals surface area contributed by atoms with Crippen molar-refractivity contribution in [2.45, 2.75) is 96.5 Å². The van der Waals surface area contributed by atoms with Crippen LogP contribution in [0.25, 0.3) is 0 Å². The predicted molar refractivity (Wildman–Crippen MR) is 125 cm³/mol. The lowest BCUT2D eigenvalue weighted by atomic mass is 9.67. The van der Waals surface area contributed by atoms with Gasteiger partial charge < -0.3 is 9.47 Å². The first-order valence-electron chi connectivity index (χ1n) is 13.0. The molecule has 178 valence electrons. The molecule has 0 N–H and O–H groups in total. The van der Waals surface area contributed by atoms with E-state index < -0.39 is 11.6 Å². The molecule has 4 heteroatoms. The Morgan fingerprint density at radius 1 is 0.875 bits per heavy atom. The molecule has 4 rings (SSSR count). The van der Waals surface area contributed by atoms with Crippen LogP contribution in [0.4, 0.5) is 8.78 Å². The van der Waals surface area contributed by atoms with Crippen LogP contribution in [0.2, 0.25) is 0 Å². The highest BCUT2D eigenvalue weighted by atomic mass is 19.2. The third-order valence-corrected chi connectivity index (χ3v) is 8.29. The monoisotopic (exact) mass is 446 g/mol. The molecule has 1 aromatic rings. The number of benzene rings is 1. The van der Waals surface area contributed by atoms with Crippen molar-refractivity contribution >= 4 is 0 Å². The third kappa shape index (κ3) is 5.38. The van der Waals surface area contributed by atoms with E-state index in [2.05, 4.69) is 13.0 Å². The fourth-order valence-electron chi connectivity index (χ4n) is 6.47. The SMILES string of the molecule is CCCC1=CCC(C2CCC(C3CCC(c4ccc(OCC)c(F)c4F)CC3)CC2)OC1. The molecule has 2 fully saturated rings. The highest BCUT2D eigenvalue weighted by Gasteiger charge is 2.35. The van der Waals surface area contributed by atoms with Crippen molar-refractivity contribution < 1.29 is 18.3 Å². The zero-order valence-electron chi connectivity index (χ0n) is 19.9. The fourth-order valence-corrected chi connectivity index (χ4v) is 6.47. The van der Waals surface area contributed by atoms with E-state index in [0.29, 0.717) is 24.2 Å². The van der Waals surface area contributed by atoms with Gasteiger partial charge >= 0.3 is 0 Å². The van der Waals surface area contributed by atoms with E-state index in [1.165, 1.54) is 44.1 Å². The number of rotatable bonds is 7. The summed E-state index contributed by atoms with van der Waals surface area (Å²) in [7, 11) is 0. The maximum atomic E-state index is 14.6. The second kappa shape index (κ2) is 11.1. The molecule has 1 atom stereocenters. The van der Waals surface area contributed by atoms with Crippen LogP contribution in [0.15, 0.2) is 23.8 Å². The third-order valence-electron chi connectivity index (χ3n) is 8.29. The van der Waals surface area contributed by atoms with Gasteiger partial charge in [0.2, 0.25) is 5.82 Å². The predicted octanol–water partition coefficient (Wildman–Crippen LogP) is 7.96. The van der Waals surface area contributed by atoms with Crippen LogP contribution in [-0.2, 0) is 4.74 Å². The van der Waals surface area contributed by atoms with Gasteiger partial charge in [0.05, 0.1) is 19.3 Å². The number of halogens is 2. The van der Waals surface area contributed by atoms with Crippen LogP contribution in [0.1, 0.15) is 96.0 Å². The van der Waals surface area contributed by atoms with Crippen molar-refractivity contribution in [1.29, 1.82) is 0 Å². The van der Waals surface area contributed by atoms with Gasteiger partial charge in [-0.05, 0) is 112 Å². The molecule has 0 saturated heterocycles. The topological polar surface area (TPSA) is 18.5 Å². The van der Waals surface area contributed by atoms with Crippen LogP contribution in [0.5, 0.6) is 5.75 Å². The molecule has 2 saturated carbocycles. The maximum absolute atomic E-state index is 14.6. The van der Waals surface area contributed by atoms with Crippen molar-refractivity contribution in [2.24, 2.45) is 17.8 Å². The molecule has 0 aromatic heterocycles. The summed E-state index contributed by atoms with van der Waals surface area (Å²) in [4.78, 5) is 0. The normalized spacial score (nSPS) is 31.2. The van der Waals surface area contributed by atoms with Gasteiger partial charge in [0.1, 0.15) is 0 Å². The average Bonchev–Trinajstić information content (AvgIpc) is 2.83. The molecule has 3 aliphatic rings. The van der Waals surface area contributed by atoms with E-state index in [-0.39, 0.29) is 11.7 Å². The van der Waals surface area contributed by atoms with Gasteiger partial charge in [-0.3, -0.25) is 0 Å². The van der Waals surface area contributed by atoms with E-state index in [4.69, 9.17) is 9.47 Å². The summed E-state index contributed by atoms with van der Waals surface area (Å²) in [5.41, 5.74) is 2.02. The molecule has 1 unspecified atom stereocenters. The van der Waals surface area contributed by atoms with Crippen LogP contribution < -0.4 is 4.74 Å². The van der Waals surface area contributed by atoms with Gasteiger partial charge in [-0.25, -0.2) is 4.39 Å². The smallest absolute Gasteiger partial charge is 0.200 e. The Hall–Kier alpha value is -1.42. The summed E-state index contributed by atoms with van der Waals surface area (Å²) in [6.45, 7) is 5.19. The molecule has 0 spiro atoms. The molecule has 32 heavy (non-hydrogen) atoms. The molecule has 1 aromatic carbocycles. The second-order valence-electron chi connectivity index (χ2n) is 10.2. The van der Waals surface area contributed by atoms with Crippen LogP contribution >= 0.6 is 0 Å². The molecule has 2 aliphatic carbocycles. The Morgan fingerprint density at radius 2 is 1.53 bits per heavy atom. The van der Waals surface area contributed by atoms with Crippen molar-refractivity contribution in [2.75, 3.05) is 13.2 Å². The summed E-state index contributed by atoms with van der Waals surface area (Å²) >= 11 is 0. The Labute approximate surface area is 192 Å². The lowest BCUT2D eigenvalue weighted by Crippen LogP contribution is -2.33. The van der Waals surface area contributed by atoms with Crippen molar-refractivity contribution in [1.82, 2.24) is 0 Å². The minimum atomic E-state index is -0.827. The number of ether oxygens (including phenoxy) is 2. The van der Waals surface area contributed by atoms with Gasteiger partial charge in [-0.1, -0.05) is 25.5 Å². The number of hydrogen-bond donors (Lipinski definition) is 0.